The molecule has 0 radical (unpaired) electrons. The molecule has 3 N–H and O–H groups in total. The van der Waals surface area contributed by atoms with Crippen LogP contribution in [0.4, 0.5) is 0 Å². The lowest BCUT2D eigenvalue weighted by Gasteiger charge is -2.11. The van der Waals surface area contributed by atoms with Crippen molar-refractivity contribution in [1.82, 2.24) is 15.3 Å². The fraction of sp³-hybridized carbons (Fsp3) is 0.280. The summed E-state index contributed by atoms with van der Waals surface area (Å²) in [4.78, 5) is 9.67. The molecule has 0 aliphatic rings. The third-order valence-electron chi connectivity index (χ3n) is 4.98. The molecule has 2 aromatic carbocycles. The van der Waals surface area contributed by atoms with Crippen LogP contribution in [0.25, 0.3) is 11.3 Å². The zero-order valence-corrected chi connectivity index (χ0v) is 20.1. The van der Waals surface area contributed by atoms with Gasteiger partial charge in [0.25, 0.3) is 0 Å². The minimum absolute atomic E-state index is 0.0405. The molecule has 0 amide bonds. The zero-order chi connectivity index (χ0) is 24.0. The van der Waals surface area contributed by atoms with Crippen molar-refractivity contribution < 1.29 is 8.95 Å². The van der Waals surface area contributed by atoms with Crippen LogP contribution in [0.15, 0.2) is 59.6 Å². The van der Waals surface area contributed by atoms with E-state index in [0.29, 0.717) is 17.0 Å². The van der Waals surface area contributed by atoms with Crippen molar-refractivity contribution in [2.75, 3.05) is 6.54 Å². The maximum absolute atomic E-state index is 12.3. The molecule has 1 aromatic heterocycles. The molecule has 0 spiro atoms. The van der Waals surface area contributed by atoms with E-state index >= 15 is 0 Å². The molecule has 0 aliphatic carbocycles. The molecule has 7 nitrogen and oxygen atoms in total. The molecule has 1 heterocycles. The van der Waals surface area contributed by atoms with Crippen molar-refractivity contribution >= 4 is 22.6 Å². The number of nitrogens with zero attached hydrogens (tertiary/aromatic N) is 2. The van der Waals surface area contributed by atoms with Gasteiger partial charge < -0.3 is 10.1 Å². The van der Waals surface area contributed by atoms with E-state index in [9.17, 15) is 4.21 Å². The van der Waals surface area contributed by atoms with Crippen LogP contribution in [0.2, 0.25) is 0 Å². The van der Waals surface area contributed by atoms with Crippen molar-refractivity contribution in [2.45, 2.75) is 44.4 Å². The van der Waals surface area contributed by atoms with Crippen LogP contribution in [0.5, 0.6) is 0 Å². The second-order valence-corrected chi connectivity index (χ2v) is 9.81. The van der Waals surface area contributed by atoms with Crippen LogP contribution in [0, 0.1) is 17.7 Å². The van der Waals surface area contributed by atoms with Gasteiger partial charge in [-0.25, -0.2) is 4.98 Å². The Hall–Kier alpha value is -3.23. The number of ether oxygens (including phenoxy) is 1. The quantitative estimate of drug-likeness (QED) is 0.338. The van der Waals surface area contributed by atoms with Crippen molar-refractivity contribution in [2.24, 2.45) is 0 Å². The number of benzene rings is 2. The lowest BCUT2D eigenvalue weighted by Crippen LogP contribution is -2.17. The Morgan fingerprint density at radius 1 is 1.06 bits per heavy atom. The Kier molecular flexibility index (Phi) is 8.19. The largest absolute Gasteiger partial charge is 0.419 e. The Morgan fingerprint density at radius 3 is 2.33 bits per heavy atom. The van der Waals surface area contributed by atoms with Gasteiger partial charge in [-0.3, -0.25) is 20.0 Å². The lowest BCUT2D eigenvalue weighted by molar-refractivity contribution is 0.534. The van der Waals surface area contributed by atoms with Gasteiger partial charge in [0.2, 0.25) is 11.8 Å². The summed E-state index contributed by atoms with van der Waals surface area (Å²) in [6, 6.07) is 14.8. The van der Waals surface area contributed by atoms with Crippen molar-refractivity contribution in [1.29, 1.82) is 10.8 Å². The average molecular weight is 464 g/mol. The number of hydrogen-bond acceptors (Lipinski definition) is 7. The topological polar surface area (TPSA) is 112 Å². The van der Waals surface area contributed by atoms with Crippen LogP contribution in [0.1, 0.15) is 43.3 Å². The number of hydrogen-bond donors (Lipinski definition) is 3. The van der Waals surface area contributed by atoms with Crippen LogP contribution in [0.3, 0.4) is 0 Å². The SMILES string of the molecule is CCNCc1ccc(C(=N)OC(=N)c2nc(-c3ccc(S(=O)C(C)C)cc3)cnc2C)cc1. The van der Waals surface area contributed by atoms with Gasteiger partial charge in [0.1, 0.15) is 5.69 Å². The van der Waals surface area contributed by atoms with Gasteiger partial charge in [0.15, 0.2) is 0 Å². The highest BCUT2D eigenvalue weighted by molar-refractivity contribution is 7.85. The van der Waals surface area contributed by atoms with Crippen molar-refractivity contribution in [3.8, 4) is 11.3 Å². The molecular formula is C25H29N5O2S. The number of rotatable bonds is 8. The van der Waals surface area contributed by atoms with E-state index in [0.717, 1.165) is 29.1 Å². The molecule has 1 unspecified atom stereocenters. The first-order valence-electron chi connectivity index (χ1n) is 10.8. The fourth-order valence-corrected chi connectivity index (χ4v) is 4.04. The van der Waals surface area contributed by atoms with E-state index < -0.39 is 10.8 Å². The third-order valence-corrected chi connectivity index (χ3v) is 6.57. The molecule has 8 heteroatoms. The Morgan fingerprint density at radius 2 is 1.73 bits per heavy atom. The molecule has 1 atom stereocenters. The smallest absolute Gasteiger partial charge is 0.241 e. The minimum atomic E-state index is -1.06. The maximum Gasteiger partial charge on any atom is 0.241 e. The number of aromatic nitrogens is 2. The summed E-state index contributed by atoms with van der Waals surface area (Å²) in [5, 5.41) is 19.9. The average Bonchev–Trinajstić information content (AvgIpc) is 2.82. The predicted octanol–water partition coefficient (Wildman–Crippen LogP) is 4.45. The first-order valence-corrected chi connectivity index (χ1v) is 12.0. The summed E-state index contributed by atoms with van der Waals surface area (Å²) in [5.41, 5.74) is 3.88. The molecule has 0 saturated heterocycles. The number of aryl methyl sites for hydroxylation is 1. The first kappa shape index (κ1) is 24.4. The highest BCUT2D eigenvalue weighted by Crippen LogP contribution is 2.21. The summed E-state index contributed by atoms with van der Waals surface area (Å²) >= 11 is 0. The van der Waals surface area contributed by atoms with E-state index in [1.165, 1.54) is 0 Å². The Bertz CT molecular complexity index is 1160. The summed E-state index contributed by atoms with van der Waals surface area (Å²) < 4.78 is 17.8. The summed E-state index contributed by atoms with van der Waals surface area (Å²) in [6.07, 6.45) is 1.63. The van der Waals surface area contributed by atoms with E-state index in [1.807, 2.05) is 57.2 Å². The van der Waals surface area contributed by atoms with Gasteiger partial charge in [-0.2, -0.15) is 0 Å². The van der Waals surface area contributed by atoms with Gasteiger partial charge in [0, 0.05) is 27.8 Å². The first-order chi connectivity index (χ1) is 15.8. The minimum Gasteiger partial charge on any atom is -0.419 e. The zero-order valence-electron chi connectivity index (χ0n) is 19.3. The summed E-state index contributed by atoms with van der Waals surface area (Å²) in [7, 11) is -1.06. The highest BCUT2D eigenvalue weighted by Gasteiger charge is 2.16. The molecule has 0 fully saturated rings. The molecule has 3 aromatic rings. The van der Waals surface area contributed by atoms with Gasteiger partial charge in [0.05, 0.1) is 28.4 Å². The second-order valence-electron chi connectivity index (χ2n) is 7.80. The summed E-state index contributed by atoms with van der Waals surface area (Å²) in [5.74, 6) is -0.358. The molecule has 33 heavy (non-hydrogen) atoms. The van der Waals surface area contributed by atoms with Crippen LogP contribution >= 0.6 is 0 Å². The fourth-order valence-electron chi connectivity index (χ4n) is 3.09. The highest BCUT2D eigenvalue weighted by atomic mass is 32.2. The van der Waals surface area contributed by atoms with Gasteiger partial charge in [-0.15, -0.1) is 0 Å². The van der Waals surface area contributed by atoms with Crippen LogP contribution in [-0.4, -0.2) is 37.8 Å². The van der Waals surface area contributed by atoms with E-state index in [1.54, 1.807) is 25.3 Å². The van der Waals surface area contributed by atoms with Gasteiger partial charge in [-0.05, 0) is 43.3 Å². The van der Waals surface area contributed by atoms with Gasteiger partial charge in [-0.1, -0.05) is 45.0 Å². The predicted molar refractivity (Wildman–Crippen MR) is 132 cm³/mol. The lowest BCUT2D eigenvalue weighted by atomic mass is 10.1. The second kappa shape index (κ2) is 11.1. The molecule has 172 valence electrons. The molecule has 3 rings (SSSR count). The van der Waals surface area contributed by atoms with Gasteiger partial charge >= 0.3 is 0 Å². The van der Waals surface area contributed by atoms with E-state index in [-0.39, 0.29) is 22.7 Å². The Balaban J connectivity index is 1.75. The van der Waals surface area contributed by atoms with Crippen molar-refractivity contribution in [3.63, 3.8) is 0 Å². The Labute approximate surface area is 197 Å². The maximum atomic E-state index is 12.3. The van der Waals surface area contributed by atoms with Crippen molar-refractivity contribution in [3.05, 3.63) is 77.2 Å². The standard InChI is InChI=1S/C25H29N5O2S/c1-5-28-14-18-6-8-20(9-7-18)24(26)32-25(27)23-17(4)29-15-22(30-23)19-10-12-21(13-11-19)33(31)16(2)3/h6-13,15-16,26-28H,5,14H2,1-4H3. The molecular weight excluding hydrogens is 434 g/mol. The number of nitrogens with one attached hydrogen (secondary N) is 3. The monoisotopic (exact) mass is 463 g/mol. The molecule has 0 bridgehead atoms. The summed E-state index contributed by atoms with van der Waals surface area (Å²) in [6.45, 7) is 9.28. The van der Waals surface area contributed by atoms with E-state index in [2.05, 4.69) is 15.3 Å². The van der Waals surface area contributed by atoms with E-state index in [4.69, 9.17) is 15.6 Å². The van der Waals surface area contributed by atoms with Crippen LogP contribution < -0.4 is 5.32 Å². The van der Waals surface area contributed by atoms with Crippen LogP contribution in [-0.2, 0) is 22.1 Å². The molecule has 0 saturated carbocycles. The normalized spacial score (nSPS) is 11.9. The third kappa shape index (κ3) is 6.18. The molecule has 0 aliphatic heterocycles.